The van der Waals surface area contributed by atoms with Crippen LogP contribution in [0.3, 0.4) is 0 Å². The molecule has 0 saturated carbocycles. The molecule has 0 N–H and O–H groups in total. The third kappa shape index (κ3) is 1.82. The number of methoxy groups -OCH3 is 2. The molecule has 0 aliphatic carbocycles. The predicted molar refractivity (Wildman–Crippen MR) is 52.4 cm³/mol. The minimum absolute atomic E-state index is 0.752. The van der Waals surface area contributed by atoms with Crippen LogP contribution in [-0.4, -0.2) is 14.2 Å². The Morgan fingerprint density at radius 1 is 1.14 bits per heavy atom. The monoisotopic (exact) mass is 192 g/mol. The zero-order chi connectivity index (χ0) is 9.97. The fourth-order valence-corrected chi connectivity index (χ4v) is 1.32. The Balaban J connectivity index is 2.21. The maximum atomic E-state index is 5.19. The van der Waals surface area contributed by atoms with Crippen molar-refractivity contribution in [3.8, 4) is 11.5 Å². The molecular formula is C11H12O3. The standard InChI is InChI=1S/C11H12O3/c1-12-10-4-3-8(5-9-7-14-9)6-11(10)13-2/h3-4,6-7H,5H2,1-2H3. The van der Waals surface area contributed by atoms with Gasteiger partial charge in [-0.3, -0.25) is 0 Å². The second-order valence-electron chi connectivity index (χ2n) is 3.07. The van der Waals surface area contributed by atoms with Crippen molar-refractivity contribution < 1.29 is 14.2 Å². The van der Waals surface area contributed by atoms with Crippen LogP contribution >= 0.6 is 0 Å². The highest BCUT2D eigenvalue weighted by Gasteiger charge is 2.12. The third-order valence-corrected chi connectivity index (χ3v) is 2.11. The largest absolute Gasteiger partial charge is 0.493 e. The quantitative estimate of drug-likeness (QED) is 0.732. The van der Waals surface area contributed by atoms with Crippen molar-refractivity contribution in [3.63, 3.8) is 0 Å². The summed E-state index contributed by atoms with van der Waals surface area (Å²) in [7, 11) is 3.26. The van der Waals surface area contributed by atoms with Gasteiger partial charge in [0.25, 0.3) is 0 Å². The summed E-state index contributed by atoms with van der Waals surface area (Å²) in [4.78, 5) is 0. The molecule has 1 heterocycles. The lowest BCUT2D eigenvalue weighted by molar-refractivity contribution is 0.354. The Labute approximate surface area is 82.9 Å². The van der Waals surface area contributed by atoms with Gasteiger partial charge in [-0.25, -0.2) is 0 Å². The fourth-order valence-electron chi connectivity index (χ4n) is 1.32. The predicted octanol–water partition coefficient (Wildman–Crippen LogP) is 2.12. The molecule has 0 amide bonds. The highest BCUT2D eigenvalue weighted by atomic mass is 16.5. The van der Waals surface area contributed by atoms with Gasteiger partial charge in [-0.2, -0.15) is 0 Å². The summed E-state index contributed by atoms with van der Waals surface area (Å²) in [6, 6.07) is 5.86. The van der Waals surface area contributed by atoms with Gasteiger partial charge < -0.3 is 14.2 Å². The minimum atomic E-state index is 0.752. The van der Waals surface area contributed by atoms with Crippen molar-refractivity contribution in [2.24, 2.45) is 0 Å². The van der Waals surface area contributed by atoms with Crippen molar-refractivity contribution >= 4 is 0 Å². The summed E-state index contributed by atoms with van der Waals surface area (Å²) < 4.78 is 15.3. The highest BCUT2D eigenvalue weighted by molar-refractivity contribution is 5.43. The van der Waals surface area contributed by atoms with Gasteiger partial charge in [-0.05, 0) is 17.7 Å². The van der Waals surface area contributed by atoms with E-state index in [9.17, 15) is 0 Å². The zero-order valence-electron chi connectivity index (χ0n) is 8.24. The van der Waals surface area contributed by atoms with Crippen LogP contribution in [0.5, 0.6) is 11.5 Å². The van der Waals surface area contributed by atoms with E-state index in [4.69, 9.17) is 14.2 Å². The van der Waals surface area contributed by atoms with Crippen LogP contribution in [-0.2, 0) is 11.2 Å². The van der Waals surface area contributed by atoms with Crippen LogP contribution < -0.4 is 9.47 Å². The van der Waals surface area contributed by atoms with Gasteiger partial charge in [0.1, 0.15) is 12.0 Å². The van der Waals surface area contributed by atoms with E-state index in [-0.39, 0.29) is 0 Å². The molecule has 0 spiro atoms. The van der Waals surface area contributed by atoms with E-state index in [2.05, 4.69) is 0 Å². The SMILES string of the molecule is COc1ccc(CC2=CO2)cc1OC. The average Bonchev–Trinajstić information content (AvgIpc) is 3.01. The lowest BCUT2D eigenvalue weighted by Gasteiger charge is -2.08. The summed E-state index contributed by atoms with van der Waals surface area (Å²) >= 11 is 0. The second-order valence-corrected chi connectivity index (χ2v) is 3.07. The van der Waals surface area contributed by atoms with Gasteiger partial charge >= 0.3 is 0 Å². The molecule has 0 saturated heterocycles. The topological polar surface area (TPSA) is 31.0 Å². The van der Waals surface area contributed by atoms with E-state index < -0.39 is 0 Å². The molecule has 1 aliphatic heterocycles. The lowest BCUT2D eigenvalue weighted by Crippen LogP contribution is -1.92. The number of ether oxygens (including phenoxy) is 3. The fraction of sp³-hybridized carbons (Fsp3) is 0.273. The first-order valence-electron chi connectivity index (χ1n) is 4.40. The first kappa shape index (κ1) is 8.94. The summed E-state index contributed by atoms with van der Waals surface area (Å²) in [5.41, 5.74) is 1.16. The van der Waals surface area contributed by atoms with E-state index in [1.54, 1.807) is 20.5 Å². The molecular weight excluding hydrogens is 180 g/mol. The molecule has 3 heteroatoms. The summed E-state index contributed by atoms with van der Waals surface area (Å²) in [5, 5.41) is 0. The number of hydrogen-bond donors (Lipinski definition) is 0. The van der Waals surface area contributed by atoms with Crippen molar-refractivity contribution in [3.05, 3.63) is 35.8 Å². The third-order valence-electron chi connectivity index (χ3n) is 2.11. The molecule has 1 aromatic carbocycles. The maximum absolute atomic E-state index is 5.19. The molecule has 14 heavy (non-hydrogen) atoms. The average molecular weight is 192 g/mol. The van der Waals surface area contributed by atoms with Crippen LogP contribution in [0.15, 0.2) is 30.2 Å². The molecule has 0 radical (unpaired) electrons. The molecule has 1 aliphatic rings. The molecule has 0 aromatic heterocycles. The van der Waals surface area contributed by atoms with Crippen LogP contribution in [0.1, 0.15) is 5.56 Å². The molecule has 3 nitrogen and oxygen atoms in total. The molecule has 0 atom stereocenters. The van der Waals surface area contributed by atoms with Crippen LogP contribution in [0, 0.1) is 0 Å². The van der Waals surface area contributed by atoms with Crippen molar-refractivity contribution in [2.45, 2.75) is 6.42 Å². The minimum Gasteiger partial charge on any atom is -0.493 e. The summed E-state index contributed by atoms with van der Waals surface area (Å²) in [5.74, 6) is 2.52. The normalized spacial score (nSPS) is 12.9. The maximum Gasteiger partial charge on any atom is 0.161 e. The molecule has 0 bridgehead atoms. The first-order chi connectivity index (χ1) is 6.83. The molecule has 74 valence electrons. The van der Waals surface area contributed by atoms with E-state index >= 15 is 0 Å². The Morgan fingerprint density at radius 2 is 1.86 bits per heavy atom. The van der Waals surface area contributed by atoms with Gasteiger partial charge in [0, 0.05) is 6.42 Å². The number of rotatable bonds is 4. The number of benzene rings is 1. The van der Waals surface area contributed by atoms with Crippen molar-refractivity contribution in [2.75, 3.05) is 14.2 Å². The molecule has 0 unspecified atom stereocenters. The van der Waals surface area contributed by atoms with Gasteiger partial charge in [0.2, 0.25) is 0 Å². The smallest absolute Gasteiger partial charge is 0.161 e. The first-order valence-corrected chi connectivity index (χ1v) is 4.40. The highest BCUT2D eigenvalue weighted by Crippen LogP contribution is 2.29. The Kier molecular flexibility index (Phi) is 2.31. The Morgan fingerprint density at radius 3 is 2.43 bits per heavy atom. The van der Waals surface area contributed by atoms with Gasteiger partial charge in [-0.15, -0.1) is 0 Å². The van der Waals surface area contributed by atoms with Crippen molar-refractivity contribution in [1.82, 2.24) is 0 Å². The van der Waals surface area contributed by atoms with Crippen LogP contribution in [0.25, 0.3) is 0 Å². The Hall–Kier alpha value is -1.64. The molecule has 1 aromatic rings. The van der Waals surface area contributed by atoms with Crippen LogP contribution in [0.4, 0.5) is 0 Å². The van der Waals surface area contributed by atoms with Crippen molar-refractivity contribution in [1.29, 1.82) is 0 Å². The summed E-state index contributed by atoms with van der Waals surface area (Å²) in [6.45, 7) is 0. The van der Waals surface area contributed by atoms with E-state index in [0.717, 1.165) is 29.2 Å². The molecule has 2 rings (SSSR count). The van der Waals surface area contributed by atoms with Gasteiger partial charge in [-0.1, -0.05) is 6.07 Å². The summed E-state index contributed by atoms with van der Waals surface area (Å²) in [6.07, 6.45) is 2.57. The van der Waals surface area contributed by atoms with E-state index in [1.807, 2.05) is 18.2 Å². The van der Waals surface area contributed by atoms with Gasteiger partial charge in [0.15, 0.2) is 11.5 Å². The van der Waals surface area contributed by atoms with Crippen LogP contribution in [0.2, 0.25) is 0 Å². The lowest BCUT2D eigenvalue weighted by atomic mass is 10.1. The second kappa shape index (κ2) is 3.62. The molecule has 0 fully saturated rings. The number of hydrogen-bond acceptors (Lipinski definition) is 3. The van der Waals surface area contributed by atoms with E-state index in [1.165, 1.54) is 0 Å². The zero-order valence-corrected chi connectivity index (χ0v) is 8.24. The van der Waals surface area contributed by atoms with E-state index in [0.29, 0.717) is 0 Å². The Bertz CT molecular complexity index is 369. The van der Waals surface area contributed by atoms with Gasteiger partial charge in [0.05, 0.1) is 14.2 Å². The number of allylic oxidation sites excluding steroid dienone is 1.